The van der Waals surface area contributed by atoms with Crippen LogP contribution in [0.3, 0.4) is 0 Å². The van der Waals surface area contributed by atoms with E-state index in [0.717, 1.165) is 88.7 Å². The maximum atomic E-state index is 12.2. The Bertz CT molecular complexity index is 2090. The molecule has 2 aromatic heterocycles. The van der Waals surface area contributed by atoms with Gasteiger partial charge in [-0.25, -0.2) is 9.59 Å². The van der Waals surface area contributed by atoms with Crippen molar-refractivity contribution in [2.24, 2.45) is 0 Å². The second-order valence-corrected chi connectivity index (χ2v) is 13.3. The van der Waals surface area contributed by atoms with E-state index < -0.39 is 11.9 Å². The molecule has 0 spiro atoms. The zero-order valence-corrected chi connectivity index (χ0v) is 28.4. The topological polar surface area (TPSA) is 115 Å². The summed E-state index contributed by atoms with van der Waals surface area (Å²) in [6.45, 7) is 4.19. The van der Waals surface area contributed by atoms with Crippen LogP contribution in [0.4, 0.5) is 0 Å². The molecule has 2 heterocycles. The Morgan fingerprint density at radius 3 is 1.17 bits per heavy atom. The van der Waals surface area contributed by atoms with Crippen LogP contribution in [0.1, 0.15) is 30.5 Å². The number of carboxylic acids is 2. The first kappa shape index (κ1) is 34.2. The molecule has 242 valence electrons. The molecule has 0 aliphatic rings. The molecule has 0 bridgehead atoms. The molecule has 0 fully saturated rings. The highest BCUT2D eigenvalue weighted by atomic mass is 32.1. The molecular formula is C40H34O6S2. The lowest BCUT2D eigenvalue weighted by molar-refractivity contribution is 0.0686. The van der Waals surface area contributed by atoms with Gasteiger partial charge in [0.05, 0.1) is 11.1 Å². The van der Waals surface area contributed by atoms with Crippen molar-refractivity contribution in [3.8, 4) is 43.1 Å². The number of benzene rings is 5. The first-order valence-electron chi connectivity index (χ1n) is 15.0. The maximum absolute atomic E-state index is 12.2. The van der Waals surface area contributed by atoms with Gasteiger partial charge in [-0.3, -0.25) is 0 Å². The third kappa shape index (κ3) is 6.39. The van der Waals surface area contributed by atoms with Gasteiger partial charge in [-0.1, -0.05) is 72.8 Å². The lowest BCUT2D eigenvalue weighted by atomic mass is 9.84. The molecule has 6 nitrogen and oxygen atoms in total. The summed E-state index contributed by atoms with van der Waals surface area (Å²) < 4.78 is 0. The van der Waals surface area contributed by atoms with E-state index in [0.29, 0.717) is 0 Å². The van der Waals surface area contributed by atoms with Crippen molar-refractivity contribution in [1.82, 2.24) is 0 Å². The van der Waals surface area contributed by atoms with E-state index in [1.165, 1.54) is 0 Å². The zero-order chi connectivity index (χ0) is 34.5. The van der Waals surface area contributed by atoms with E-state index in [4.69, 9.17) is 10.2 Å². The number of aliphatic hydroxyl groups excluding tert-OH is 2. The van der Waals surface area contributed by atoms with Crippen molar-refractivity contribution in [3.63, 3.8) is 0 Å². The number of aryl methyl sites for hydroxylation is 2. The van der Waals surface area contributed by atoms with Crippen LogP contribution in [-0.2, 0) is 0 Å². The predicted octanol–water partition coefficient (Wildman–Crippen LogP) is 10.0. The molecule has 8 heteroatoms. The van der Waals surface area contributed by atoms with Gasteiger partial charge in [0, 0.05) is 33.7 Å². The van der Waals surface area contributed by atoms with Crippen molar-refractivity contribution in [2.45, 2.75) is 13.8 Å². The van der Waals surface area contributed by atoms with E-state index in [1.807, 2.05) is 48.5 Å². The fourth-order valence-corrected chi connectivity index (χ4v) is 8.08. The smallest absolute Gasteiger partial charge is 0.335 e. The highest BCUT2D eigenvalue weighted by molar-refractivity contribution is 7.16. The molecule has 0 atom stereocenters. The average Bonchev–Trinajstić information content (AvgIpc) is 3.71. The largest absolute Gasteiger partial charge is 0.478 e. The molecule has 0 radical (unpaired) electrons. The summed E-state index contributed by atoms with van der Waals surface area (Å²) in [6, 6.07) is 35.3. The van der Waals surface area contributed by atoms with Gasteiger partial charge in [-0.15, -0.1) is 22.7 Å². The fraction of sp³-hybridized carbons (Fsp3) is 0.100. The van der Waals surface area contributed by atoms with Crippen LogP contribution < -0.4 is 0 Å². The highest BCUT2D eigenvalue weighted by Gasteiger charge is 2.24. The van der Waals surface area contributed by atoms with Crippen LogP contribution in [0.15, 0.2) is 109 Å². The van der Waals surface area contributed by atoms with Crippen LogP contribution in [0.5, 0.6) is 0 Å². The Balaban J connectivity index is 0.00000109. The SMILES string of the molecule is CO.CO.Cc1sc(-c2ccccc2)cc1-c1c(-c2cc(-c3ccccc3)sc2C)c2cc(C(=O)O)ccc2c2ccc(C(=O)O)cc12. The van der Waals surface area contributed by atoms with E-state index >= 15 is 0 Å². The maximum Gasteiger partial charge on any atom is 0.335 e. The van der Waals surface area contributed by atoms with Crippen molar-refractivity contribution < 1.29 is 30.0 Å². The lowest BCUT2D eigenvalue weighted by Gasteiger charge is -2.19. The van der Waals surface area contributed by atoms with Crippen LogP contribution in [0.2, 0.25) is 0 Å². The number of hydrogen-bond acceptors (Lipinski definition) is 6. The minimum Gasteiger partial charge on any atom is -0.478 e. The predicted molar refractivity (Wildman–Crippen MR) is 199 cm³/mol. The van der Waals surface area contributed by atoms with E-state index in [-0.39, 0.29) is 11.1 Å². The molecule has 0 aliphatic heterocycles. The van der Waals surface area contributed by atoms with Gasteiger partial charge in [-0.05, 0) is 105 Å². The summed E-state index contributed by atoms with van der Waals surface area (Å²) in [5, 5.41) is 37.4. The molecule has 0 amide bonds. The number of fused-ring (bicyclic) bond motifs is 3. The average molecular weight is 675 g/mol. The lowest BCUT2D eigenvalue weighted by Crippen LogP contribution is -2.00. The number of aromatic carboxylic acids is 2. The summed E-state index contributed by atoms with van der Waals surface area (Å²) in [4.78, 5) is 28.9. The van der Waals surface area contributed by atoms with Gasteiger partial charge in [0.25, 0.3) is 0 Å². The molecular weight excluding hydrogens is 641 g/mol. The number of aliphatic hydroxyl groups is 2. The normalized spacial score (nSPS) is 10.6. The molecule has 7 rings (SSSR count). The minimum absolute atomic E-state index is 0.203. The Kier molecular flexibility index (Phi) is 10.5. The summed E-state index contributed by atoms with van der Waals surface area (Å²) in [7, 11) is 2.00. The summed E-state index contributed by atoms with van der Waals surface area (Å²) in [6.07, 6.45) is 0. The van der Waals surface area contributed by atoms with Gasteiger partial charge in [0.1, 0.15) is 0 Å². The number of carboxylic acid groups (broad SMARTS) is 2. The molecule has 48 heavy (non-hydrogen) atoms. The standard InChI is InChI=1S/C38H26O4S2.2CH4O/c1-21-29(19-33(43-21)23-9-5-3-6-10-23)35-31-17-25(37(39)40)13-15-27(31)28-16-14-26(38(41)42)18-32(28)36(35)30-20-34(44-22(30)2)24-11-7-4-8-12-24;2*1-2/h3-20H,1-2H3,(H,39,40)(H,41,42);2*2H,1H3. The summed E-state index contributed by atoms with van der Waals surface area (Å²) in [5.74, 6) is -1.99. The van der Waals surface area contributed by atoms with Crippen LogP contribution >= 0.6 is 22.7 Å². The van der Waals surface area contributed by atoms with Gasteiger partial charge >= 0.3 is 11.9 Å². The van der Waals surface area contributed by atoms with Crippen LogP contribution in [0, 0.1) is 13.8 Å². The van der Waals surface area contributed by atoms with Gasteiger partial charge in [0.15, 0.2) is 0 Å². The van der Waals surface area contributed by atoms with Crippen LogP contribution in [-0.4, -0.2) is 46.6 Å². The van der Waals surface area contributed by atoms with Crippen molar-refractivity contribution in [2.75, 3.05) is 14.2 Å². The fourth-order valence-electron chi connectivity index (χ4n) is 6.02. The summed E-state index contributed by atoms with van der Waals surface area (Å²) in [5.41, 5.74) is 6.46. The molecule has 0 saturated carbocycles. The summed E-state index contributed by atoms with van der Waals surface area (Å²) >= 11 is 3.39. The first-order valence-corrected chi connectivity index (χ1v) is 16.7. The van der Waals surface area contributed by atoms with E-state index in [1.54, 1.807) is 46.9 Å². The second kappa shape index (κ2) is 14.8. The van der Waals surface area contributed by atoms with Crippen molar-refractivity contribution in [3.05, 3.63) is 130 Å². The molecule has 7 aromatic rings. The minimum atomic E-state index is -0.995. The number of thiophene rings is 2. The first-order chi connectivity index (χ1) is 23.3. The number of rotatable bonds is 6. The molecule has 4 N–H and O–H groups in total. The van der Waals surface area contributed by atoms with E-state index in [9.17, 15) is 19.8 Å². The van der Waals surface area contributed by atoms with Crippen molar-refractivity contribution >= 4 is 56.2 Å². The molecule has 0 saturated heterocycles. The van der Waals surface area contributed by atoms with Crippen molar-refractivity contribution in [1.29, 1.82) is 0 Å². The second-order valence-electron chi connectivity index (χ2n) is 10.8. The Labute approximate surface area is 286 Å². The van der Waals surface area contributed by atoms with Crippen LogP contribution in [0.25, 0.3) is 64.7 Å². The third-order valence-electron chi connectivity index (χ3n) is 8.10. The monoisotopic (exact) mass is 674 g/mol. The van der Waals surface area contributed by atoms with E-state index in [2.05, 4.69) is 50.2 Å². The molecule has 0 unspecified atom stereocenters. The number of hydrogen-bond donors (Lipinski definition) is 4. The van der Waals surface area contributed by atoms with Gasteiger partial charge in [0.2, 0.25) is 0 Å². The Hall–Kier alpha value is -5.12. The number of carbonyl (C=O) groups is 2. The molecule has 5 aromatic carbocycles. The quantitative estimate of drug-likeness (QED) is 0.131. The third-order valence-corrected chi connectivity index (χ3v) is 10.3. The molecule has 0 aliphatic carbocycles. The van der Waals surface area contributed by atoms with Gasteiger partial charge < -0.3 is 20.4 Å². The zero-order valence-electron chi connectivity index (χ0n) is 26.8. The Morgan fingerprint density at radius 1 is 0.479 bits per heavy atom. The Morgan fingerprint density at radius 2 is 0.833 bits per heavy atom. The highest BCUT2D eigenvalue weighted by Crippen LogP contribution is 2.51. The van der Waals surface area contributed by atoms with Gasteiger partial charge in [-0.2, -0.15) is 0 Å².